The molecule has 0 atom stereocenters. The van der Waals surface area contributed by atoms with Crippen LogP contribution in [-0.2, 0) is 11.3 Å². The van der Waals surface area contributed by atoms with Crippen molar-refractivity contribution in [2.45, 2.75) is 11.4 Å². The van der Waals surface area contributed by atoms with E-state index in [-0.39, 0.29) is 5.91 Å². The largest absolute Gasteiger partial charge is 0.497 e. The lowest BCUT2D eigenvalue weighted by molar-refractivity contribution is -0.122. The minimum atomic E-state index is 0.122. The van der Waals surface area contributed by atoms with Crippen molar-refractivity contribution in [1.29, 1.82) is 0 Å². The molecule has 0 aliphatic carbocycles. The van der Waals surface area contributed by atoms with E-state index < -0.39 is 0 Å². The normalized spacial score (nSPS) is 15.3. The van der Waals surface area contributed by atoms with Crippen LogP contribution in [0, 0.1) is 0 Å². The summed E-state index contributed by atoms with van der Waals surface area (Å²) in [6.45, 7) is 5.99. The van der Waals surface area contributed by atoms with Crippen LogP contribution >= 0.6 is 11.8 Å². The van der Waals surface area contributed by atoms with Crippen LogP contribution in [0.4, 0.5) is 0 Å². The highest BCUT2D eigenvalue weighted by molar-refractivity contribution is 7.99. The minimum absolute atomic E-state index is 0.122. The molecule has 1 aliphatic heterocycles. The molecule has 6 heteroatoms. The van der Waals surface area contributed by atoms with Crippen LogP contribution in [0.3, 0.4) is 0 Å². The van der Waals surface area contributed by atoms with Gasteiger partial charge in [0.25, 0.3) is 0 Å². The van der Waals surface area contributed by atoms with Gasteiger partial charge in [0.2, 0.25) is 5.91 Å². The molecule has 2 aromatic rings. The molecule has 1 saturated heterocycles. The first-order valence-electron chi connectivity index (χ1n) is 9.75. The molecule has 0 radical (unpaired) electrons. The van der Waals surface area contributed by atoms with E-state index in [1.807, 2.05) is 30.3 Å². The zero-order chi connectivity index (χ0) is 19.6. The average Bonchev–Trinajstić information content (AvgIpc) is 2.74. The van der Waals surface area contributed by atoms with Gasteiger partial charge in [-0.25, -0.2) is 0 Å². The van der Waals surface area contributed by atoms with Crippen molar-refractivity contribution < 1.29 is 9.53 Å². The lowest BCUT2D eigenvalue weighted by Gasteiger charge is -2.34. The second kappa shape index (κ2) is 11.1. The van der Waals surface area contributed by atoms with Crippen molar-refractivity contribution in [3.8, 4) is 5.75 Å². The third-order valence-corrected chi connectivity index (χ3v) is 5.85. The number of nitrogens with zero attached hydrogens (tertiary/aromatic N) is 2. The Morgan fingerprint density at radius 3 is 2.36 bits per heavy atom. The molecule has 0 aromatic heterocycles. The molecule has 28 heavy (non-hydrogen) atoms. The maximum absolute atomic E-state index is 12.2. The van der Waals surface area contributed by atoms with Gasteiger partial charge in [0, 0.05) is 49.9 Å². The first-order valence-corrected chi connectivity index (χ1v) is 10.7. The van der Waals surface area contributed by atoms with E-state index in [9.17, 15) is 4.79 Å². The summed E-state index contributed by atoms with van der Waals surface area (Å²) in [5, 5.41) is 3.04. The molecule has 0 unspecified atom stereocenters. The summed E-state index contributed by atoms with van der Waals surface area (Å²) in [4.78, 5) is 18.1. The summed E-state index contributed by atoms with van der Waals surface area (Å²) in [5.41, 5.74) is 1.29. The molecule has 1 heterocycles. The zero-order valence-corrected chi connectivity index (χ0v) is 17.3. The highest BCUT2D eigenvalue weighted by Crippen LogP contribution is 2.16. The summed E-state index contributed by atoms with van der Waals surface area (Å²) >= 11 is 1.77. The second-order valence-electron chi connectivity index (χ2n) is 6.91. The number of carbonyl (C=O) groups is 1. The molecule has 5 nitrogen and oxygen atoms in total. The van der Waals surface area contributed by atoms with Gasteiger partial charge in [0.05, 0.1) is 13.7 Å². The van der Waals surface area contributed by atoms with E-state index in [4.69, 9.17) is 4.74 Å². The smallest absolute Gasteiger partial charge is 0.234 e. The van der Waals surface area contributed by atoms with Crippen LogP contribution in [0.25, 0.3) is 0 Å². The summed E-state index contributed by atoms with van der Waals surface area (Å²) in [6.07, 6.45) is 0. The van der Waals surface area contributed by atoms with Crippen LogP contribution in [0.15, 0.2) is 59.5 Å². The lowest BCUT2D eigenvalue weighted by atomic mass is 10.2. The summed E-state index contributed by atoms with van der Waals surface area (Å²) in [7, 11) is 1.69. The maximum Gasteiger partial charge on any atom is 0.234 e. The minimum Gasteiger partial charge on any atom is -0.497 e. The van der Waals surface area contributed by atoms with Crippen molar-refractivity contribution in [2.24, 2.45) is 0 Å². The molecule has 2 aromatic carbocycles. The third-order valence-electron chi connectivity index (χ3n) is 4.83. The Hall–Kier alpha value is -2.02. The second-order valence-corrected chi connectivity index (χ2v) is 8.08. The number of amides is 1. The molecule has 0 spiro atoms. The van der Waals surface area contributed by atoms with Crippen molar-refractivity contribution >= 4 is 17.7 Å². The van der Waals surface area contributed by atoms with Gasteiger partial charge in [-0.3, -0.25) is 14.6 Å². The van der Waals surface area contributed by atoms with Gasteiger partial charge < -0.3 is 10.1 Å². The number of hydrogen-bond donors (Lipinski definition) is 1. The molecule has 0 saturated carbocycles. The Balaban J connectivity index is 1.29. The number of piperazine rings is 1. The van der Waals surface area contributed by atoms with E-state index in [1.165, 1.54) is 10.5 Å². The fourth-order valence-corrected chi connectivity index (χ4v) is 4.02. The average molecular weight is 400 g/mol. The molecule has 1 N–H and O–H groups in total. The Morgan fingerprint density at radius 2 is 1.68 bits per heavy atom. The Bertz CT molecular complexity index is 716. The number of benzene rings is 2. The van der Waals surface area contributed by atoms with Gasteiger partial charge in [0.15, 0.2) is 0 Å². The van der Waals surface area contributed by atoms with Crippen LogP contribution in [-0.4, -0.2) is 67.8 Å². The zero-order valence-electron chi connectivity index (χ0n) is 16.5. The fourth-order valence-electron chi connectivity index (χ4n) is 3.23. The highest BCUT2D eigenvalue weighted by atomic mass is 32.2. The van der Waals surface area contributed by atoms with Crippen LogP contribution in [0.1, 0.15) is 5.56 Å². The summed E-state index contributed by atoms with van der Waals surface area (Å²) < 4.78 is 5.21. The van der Waals surface area contributed by atoms with Gasteiger partial charge in [-0.2, -0.15) is 0 Å². The van der Waals surface area contributed by atoms with Gasteiger partial charge in [0.1, 0.15) is 5.75 Å². The maximum atomic E-state index is 12.2. The molecule has 1 fully saturated rings. The van der Waals surface area contributed by atoms with Crippen molar-refractivity contribution in [1.82, 2.24) is 15.1 Å². The van der Waals surface area contributed by atoms with Gasteiger partial charge in [-0.1, -0.05) is 30.3 Å². The topological polar surface area (TPSA) is 44.8 Å². The highest BCUT2D eigenvalue weighted by Gasteiger charge is 2.18. The van der Waals surface area contributed by atoms with Gasteiger partial charge >= 0.3 is 0 Å². The van der Waals surface area contributed by atoms with Crippen molar-refractivity contribution in [3.63, 3.8) is 0 Å². The molecular weight excluding hydrogens is 370 g/mol. The standard InChI is InChI=1S/C22H29N3O2S/c1-27-20-9-7-19(8-10-20)17-24-12-14-25(15-13-24)18-22(26)23-11-16-28-21-5-3-2-4-6-21/h2-10H,11-18H2,1H3,(H,23,26). The molecule has 1 aliphatic rings. The Kier molecular flexibility index (Phi) is 8.21. The summed E-state index contributed by atoms with van der Waals surface area (Å²) in [6, 6.07) is 18.5. The van der Waals surface area contributed by atoms with E-state index in [2.05, 4.69) is 39.4 Å². The Morgan fingerprint density at radius 1 is 1.00 bits per heavy atom. The van der Waals surface area contributed by atoms with Crippen molar-refractivity contribution in [3.05, 3.63) is 60.2 Å². The fraction of sp³-hybridized carbons (Fsp3) is 0.409. The molecule has 150 valence electrons. The molecule has 3 rings (SSSR count). The SMILES string of the molecule is COc1ccc(CN2CCN(CC(=O)NCCSc3ccccc3)CC2)cc1. The van der Waals surface area contributed by atoms with Gasteiger partial charge in [-0.05, 0) is 29.8 Å². The lowest BCUT2D eigenvalue weighted by Crippen LogP contribution is -2.49. The van der Waals surface area contributed by atoms with Gasteiger partial charge in [-0.15, -0.1) is 11.8 Å². The van der Waals surface area contributed by atoms with E-state index in [0.717, 1.165) is 44.2 Å². The van der Waals surface area contributed by atoms with Crippen molar-refractivity contribution in [2.75, 3.05) is 52.1 Å². The molecule has 0 bridgehead atoms. The number of ether oxygens (including phenoxy) is 1. The number of carbonyl (C=O) groups excluding carboxylic acids is 1. The molecular formula is C22H29N3O2S. The Labute approximate surface area is 172 Å². The summed E-state index contributed by atoms with van der Waals surface area (Å²) in [5.74, 6) is 1.91. The van der Waals surface area contributed by atoms with Crippen LogP contribution < -0.4 is 10.1 Å². The first-order chi connectivity index (χ1) is 13.7. The van der Waals surface area contributed by atoms with Crippen LogP contribution in [0.5, 0.6) is 5.75 Å². The quantitative estimate of drug-likeness (QED) is 0.519. The monoisotopic (exact) mass is 399 g/mol. The van der Waals surface area contributed by atoms with E-state index in [1.54, 1.807) is 18.9 Å². The van der Waals surface area contributed by atoms with Crippen LogP contribution in [0.2, 0.25) is 0 Å². The number of nitrogens with one attached hydrogen (secondary N) is 1. The molecule has 1 amide bonds. The predicted molar refractivity (Wildman–Crippen MR) is 115 cm³/mol. The van der Waals surface area contributed by atoms with E-state index in [0.29, 0.717) is 13.1 Å². The number of hydrogen-bond acceptors (Lipinski definition) is 5. The number of methoxy groups -OCH3 is 1. The third kappa shape index (κ3) is 6.86. The van der Waals surface area contributed by atoms with E-state index >= 15 is 0 Å². The first kappa shape index (κ1) is 20.7. The number of thioether (sulfide) groups is 1. The number of rotatable bonds is 9. The predicted octanol–water partition coefficient (Wildman–Crippen LogP) is 2.72.